The lowest BCUT2D eigenvalue weighted by molar-refractivity contribution is -0.140. The Labute approximate surface area is 91.4 Å². The summed E-state index contributed by atoms with van der Waals surface area (Å²) in [7, 11) is 1.58. The molecule has 0 fully saturated rings. The quantitative estimate of drug-likeness (QED) is 0.755. The predicted molar refractivity (Wildman–Crippen MR) is 51.9 cm³/mol. The molecule has 0 aliphatic rings. The van der Waals surface area contributed by atoms with Crippen molar-refractivity contribution >= 4 is 0 Å². The summed E-state index contributed by atoms with van der Waals surface area (Å²) in [6.45, 7) is 0.637. The first-order valence-corrected chi connectivity index (χ1v) is 4.78. The first kappa shape index (κ1) is 13.0. The van der Waals surface area contributed by atoms with Crippen LogP contribution < -0.4 is 5.32 Å². The monoisotopic (exact) mass is 237 g/mol. The Kier molecular flexibility index (Phi) is 4.75. The van der Waals surface area contributed by atoms with Crippen molar-refractivity contribution < 1.29 is 17.9 Å². The van der Waals surface area contributed by atoms with Crippen molar-refractivity contribution in [3.8, 4) is 0 Å². The van der Waals surface area contributed by atoms with Crippen molar-refractivity contribution in [3.05, 3.63) is 18.2 Å². The Morgan fingerprint density at radius 1 is 1.50 bits per heavy atom. The molecule has 1 N–H and O–H groups in total. The number of hydrogen-bond acceptors (Lipinski definition) is 3. The van der Waals surface area contributed by atoms with Crippen LogP contribution in [0.4, 0.5) is 13.2 Å². The van der Waals surface area contributed by atoms with E-state index in [1.807, 2.05) is 0 Å². The predicted octanol–water partition coefficient (Wildman–Crippen LogP) is 1.18. The van der Waals surface area contributed by atoms with Gasteiger partial charge in [-0.25, -0.2) is 4.98 Å². The van der Waals surface area contributed by atoms with Gasteiger partial charge in [-0.3, -0.25) is 0 Å². The lowest BCUT2D eigenvalue weighted by atomic mass is 10.4. The molecule has 0 aromatic carbocycles. The minimum Gasteiger partial charge on any atom is -0.383 e. The van der Waals surface area contributed by atoms with Crippen LogP contribution in [0.2, 0.25) is 0 Å². The van der Waals surface area contributed by atoms with E-state index in [2.05, 4.69) is 10.3 Å². The number of aromatic nitrogens is 2. The second-order valence-electron chi connectivity index (χ2n) is 3.32. The number of hydrogen-bond donors (Lipinski definition) is 1. The minimum atomic E-state index is -4.21. The van der Waals surface area contributed by atoms with Crippen molar-refractivity contribution in [1.82, 2.24) is 14.9 Å². The number of nitrogens with one attached hydrogen (secondary N) is 1. The molecule has 0 saturated heterocycles. The highest BCUT2D eigenvalue weighted by Crippen LogP contribution is 2.17. The molecule has 0 amide bonds. The van der Waals surface area contributed by atoms with E-state index >= 15 is 0 Å². The van der Waals surface area contributed by atoms with Crippen LogP contribution in [0, 0.1) is 0 Å². The number of halogens is 3. The Hall–Kier alpha value is -1.08. The number of ether oxygens (including phenoxy) is 1. The molecule has 1 aromatic rings. The highest BCUT2D eigenvalue weighted by Gasteiger charge is 2.27. The van der Waals surface area contributed by atoms with E-state index in [-0.39, 0.29) is 0 Å². The lowest BCUT2D eigenvalue weighted by Gasteiger charge is -2.05. The van der Waals surface area contributed by atoms with Crippen molar-refractivity contribution in [2.75, 3.05) is 20.3 Å². The van der Waals surface area contributed by atoms with E-state index in [0.717, 1.165) is 4.57 Å². The van der Waals surface area contributed by atoms with Gasteiger partial charge < -0.3 is 14.6 Å². The molecule has 0 radical (unpaired) electrons. The molecule has 92 valence electrons. The SMILES string of the molecule is COCCNCc1cn(CC(F)(F)F)cn1. The highest BCUT2D eigenvalue weighted by atomic mass is 19.4. The van der Waals surface area contributed by atoms with E-state index in [1.165, 1.54) is 12.5 Å². The average molecular weight is 237 g/mol. The van der Waals surface area contributed by atoms with E-state index in [0.29, 0.717) is 25.4 Å². The fourth-order valence-electron chi connectivity index (χ4n) is 1.18. The maximum absolute atomic E-state index is 12.0. The smallest absolute Gasteiger partial charge is 0.383 e. The van der Waals surface area contributed by atoms with Crippen LogP contribution in [0.15, 0.2) is 12.5 Å². The molecule has 16 heavy (non-hydrogen) atoms. The summed E-state index contributed by atoms with van der Waals surface area (Å²) in [4.78, 5) is 3.86. The molecule has 0 atom stereocenters. The van der Waals surface area contributed by atoms with Crippen molar-refractivity contribution in [2.45, 2.75) is 19.3 Å². The van der Waals surface area contributed by atoms with Crippen LogP contribution in [0.3, 0.4) is 0 Å². The van der Waals surface area contributed by atoms with Gasteiger partial charge >= 0.3 is 6.18 Å². The lowest BCUT2D eigenvalue weighted by Crippen LogP contribution is -2.19. The third kappa shape index (κ3) is 5.13. The Balaban J connectivity index is 2.34. The molecule has 0 bridgehead atoms. The first-order chi connectivity index (χ1) is 7.51. The van der Waals surface area contributed by atoms with Crippen molar-refractivity contribution in [3.63, 3.8) is 0 Å². The van der Waals surface area contributed by atoms with Gasteiger partial charge in [0.15, 0.2) is 0 Å². The van der Waals surface area contributed by atoms with Gasteiger partial charge in [-0.05, 0) is 0 Å². The number of nitrogens with zero attached hydrogens (tertiary/aromatic N) is 2. The van der Waals surface area contributed by atoms with Gasteiger partial charge in [-0.2, -0.15) is 13.2 Å². The second-order valence-corrected chi connectivity index (χ2v) is 3.32. The van der Waals surface area contributed by atoms with Gasteiger partial charge in [0.25, 0.3) is 0 Å². The van der Waals surface area contributed by atoms with Crippen molar-refractivity contribution in [2.24, 2.45) is 0 Å². The molecule has 0 spiro atoms. The number of methoxy groups -OCH3 is 1. The number of rotatable bonds is 6. The summed E-state index contributed by atoms with van der Waals surface area (Å²) >= 11 is 0. The van der Waals surface area contributed by atoms with Crippen LogP contribution >= 0.6 is 0 Å². The van der Waals surface area contributed by atoms with Gasteiger partial charge in [0.05, 0.1) is 18.6 Å². The van der Waals surface area contributed by atoms with Crippen LogP contribution in [-0.2, 0) is 17.8 Å². The molecule has 0 aliphatic heterocycles. The molecule has 0 saturated carbocycles. The zero-order chi connectivity index (χ0) is 12.0. The van der Waals surface area contributed by atoms with E-state index in [9.17, 15) is 13.2 Å². The fourth-order valence-corrected chi connectivity index (χ4v) is 1.18. The van der Waals surface area contributed by atoms with Gasteiger partial charge in [0, 0.05) is 26.4 Å². The molecule has 7 heteroatoms. The second kappa shape index (κ2) is 5.86. The van der Waals surface area contributed by atoms with Gasteiger partial charge in [0.1, 0.15) is 6.54 Å². The molecule has 4 nitrogen and oxygen atoms in total. The third-order valence-corrected chi connectivity index (χ3v) is 1.84. The first-order valence-electron chi connectivity index (χ1n) is 4.78. The summed E-state index contributed by atoms with van der Waals surface area (Å²) in [5, 5.41) is 3.00. The summed E-state index contributed by atoms with van der Waals surface area (Å²) in [5.41, 5.74) is 0.584. The molecule has 1 aromatic heterocycles. The topological polar surface area (TPSA) is 39.1 Å². The number of imidazole rings is 1. The Morgan fingerprint density at radius 3 is 2.88 bits per heavy atom. The van der Waals surface area contributed by atoms with E-state index in [1.54, 1.807) is 7.11 Å². The summed E-state index contributed by atoms with van der Waals surface area (Å²) in [5.74, 6) is 0. The Bertz CT molecular complexity index is 311. The largest absolute Gasteiger partial charge is 0.406 e. The van der Waals surface area contributed by atoms with Gasteiger partial charge in [-0.1, -0.05) is 0 Å². The summed E-state index contributed by atoms with van der Waals surface area (Å²) in [6, 6.07) is 0. The zero-order valence-corrected chi connectivity index (χ0v) is 8.92. The summed E-state index contributed by atoms with van der Waals surface area (Å²) in [6.07, 6.45) is -1.64. The summed E-state index contributed by atoms with van der Waals surface area (Å²) < 4.78 is 41.9. The van der Waals surface area contributed by atoms with Crippen molar-refractivity contribution in [1.29, 1.82) is 0 Å². The normalized spacial score (nSPS) is 12.0. The fraction of sp³-hybridized carbons (Fsp3) is 0.667. The van der Waals surface area contributed by atoms with Crippen LogP contribution in [0.1, 0.15) is 5.69 Å². The maximum atomic E-state index is 12.0. The Morgan fingerprint density at radius 2 is 2.25 bits per heavy atom. The molecule has 1 heterocycles. The van der Waals surface area contributed by atoms with Crippen LogP contribution in [0.25, 0.3) is 0 Å². The minimum absolute atomic E-state index is 0.439. The molecule has 0 unspecified atom stereocenters. The molecule has 1 rings (SSSR count). The zero-order valence-electron chi connectivity index (χ0n) is 8.92. The van der Waals surface area contributed by atoms with Gasteiger partial charge in [0.2, 0.25) is 0 Å². The van der Waals surface area contributed by atoms with Gasteiger partial charge in [-0.15, -0.1) is 0 Å². The number of alkyl halides is 3. The van der Waals surface area contributed by atoms with Crippen LogP contribution in [0.5, 0.6) is 0 Å². The maximum Gasteiger partial charge on any atom is 0.406 e. The highest BCUT2D eigenvalue weighted by molar-refractivity contribution is 4.96. The average Bonchev–Trinajstić information content (AvgIpc) is 2.58. The van der Waals surface area contributed by atoms with Crippen LogP contribution in [-0.4, -0.2) is 36.0 Å². The standard InChI is InChI=1S/C9H14F3N3O/c1-16-3-2-13-4-8-5-15(7-14-8)6-9(10,11)12/h5,7,13H,2-4,6H2,1H3. The van der Waals surface area contributed by atoms with E-state index in [4.69, 9.17) is 4.74 Å². The third-order valence-electron chi connectivity index (χ3n) is 1.84. The molecular weight excluding hydrogens is 223 g/mol. The molecular formula is C9H14F3N3O. The van der Waals surface area contributed by atoms with E-state index < -0.39 is 12.7 Å². The molecule has 0 aliphatic carbocycles.